The number of carbonyl (C=O) groups is 3. The van der Waals surface area contributed by atoms with E-state index in [-0.39, 0.29) is 36.0 Å². The second kappa shape index (κ2) is 7.90. The van der Waals surface area contributed by atoms with E-state index in [1.54, 1.807) is 11.0 Å². The molecule has 3 rings (SSSR count). The van der Waals surface area contributed by atoms with Gasteiger partial charge in [-0.3, -0.25) is 9.59 Å². The third kappa shape index (κ3) is 4.08. The van der Waals surface area contributed by atoms with E-state index in [2.05, 4.69) is 5.32 Å². The monoisotopic (exact) mass is 368 g/mol. The third-order valence-corrected chi connectivity index (χ3v) is 4.49. The summed E-state index contributed by atoms with van der Waals surface area (Å²) < 4.78 is 5.02. The predicted octanol–water partition coefficient (Wildman–Crippen LogP) is 2.70. The van der Waals surface area contributed by atoms with Crippen molar-refractivity contribution < 1.29 is 24.2 Å². The Morgan fingerprint density at radius 2 is 1.96 bits per heavy atom. The van der Waals surface area contributed by atoms with Gasteiger partial charge in [0.2, 0.25) is 11.8 Å². The molecule has 0 fully saturated rings. The Kier molecular flexibility index (Phi) is 5.40. The Bertz CT molecular complexity index is 894. The summed E-state index contributed by atoms with van der Waals surface area (Å²) in [5, 5.41) is 11.9. The van der Waals surface area contributed by atoms with E-state index in [4.69, 9.17) is 4.74 Å². The molecule has 7 nitrogen and oxygen atoms in total. The zero-order valence-electron chi connectivity index (χ0n) is 14.9. The normalized spacial score (nSPS) is 13.1. The van der Waals surface area contributed by atoms with E-state index in [0.717, 1.165) is 11.3 Å². The summed E-state index contributed by atoms with van der Waals surface area (Å²) in [6, 6.07) is 12.1. The highest BCUT2D eigenvalue weighted by molar-refractivity contribution is 6.02. The number of hydrogen-bond acceptors (Lipinski definition) is 4. The van der Waals surface area contributed by atoms with Crippen molar-refractivity contribution >= 4 is 29.2 Å². The standard InChI is InChI=1S/C20H20N2O5/c1-27-14-7-8-16(15(12-14)20(25)26)21-18(23)10-11-22-17-5-3-2-4-13(17)6-9-19(22)24/h2-5,7-8,12H,6,9-11H2,1H3,(H,21,23)(H,25,26). The molecule has 0 aromatic heterocycles. The van der Waals surface area contributed by atoms with Gasteiger partial charge in [-0.1, -0.05) is 18.2 Å². The Hall–Kier alpha value is -3.35. The van der Waals surface area contributed by atoms with Crippen LogP contribution in [0, 0.1) is 0 Å². The van der Waals surface area contributed by atoms with Crippen LogP contribution in [0.15, 0.2) is 42.5 Å². The molecule has 27 heavy (non-hydrogen) atoms. The molecule has 0 saturated heterocycles. The number of carbonyl (C=O) groups excluding carboxylic acids is 2. The number of methoxy groups -OCH3 is 1. The lowest BCUT2D eigenvalue weighted by Crippen LogP contribution is -2.37. The summed E-state index contributed by atoms with van der Waals surface area (Å²) in [7, 11) is 1.44. The zero-order chi connectivity index (χ0) is 19.4. The molecular formula is C20H20N2O5. The lowest BCUT2D eigenvalue weighted by Gasteiger charge is -2.29. The van der Waals surface area contributed by atoms with Gasteiger partial charge in [-0.05, 0) is 36.2 Å². The van der Waals surface area contributed by atoms with Crippen molar-refractivity contribution in [3.63, 3.8) is 0 Å². The fourth-order valence-corrected chi connectivity index (χ4v) is 3.10. The van der Waals surface area contributed by atoms with Gasteiger partial charge >= 0.3 is 5.97 Å². The molecule has 2 amide bonds. The number of rotatable bonds is 6. The van der Waals surface area contributed by atoms with Crippen LogP contribution in [-0.2, 0) is 16.0 Å². The number of nitrogens with zero attached hydrogens (tertiary/aromatic N) is 1. The Morgan fingerprint density at radius 3 is 2.70 bits per heavy atom. The van der Waals surface area contributed by atoms with E-state index in [1.165, 1.54) is 19.2 Å². The first kappa shape index (κ1) is 18.4. The molecule has 0 spiro atoms. The van der Waals surface area contributed by atoms with Gasteiger partial charge < -0.3 is 20.1 Å². The zero-order valence-corrected chi connectivity index (χ0v) is 14.9. The minimum absolute atomic E-state index is 0.0165. The minimum Gasteiger partial charge on any atom is -0.497 e. The number of aryl methyl sites for hydroxylation is 1. The molecule has 140 valence electrons. The van der Waals surface area contributed by atoms with Crippen LogP contribution in [0.4, 0.5) is 11.4 Å². The summed E-state index contributed by atoms with van der Waals surface area (Å²) in [4.78, 5) is 37.6. The fourth-order valence-electron chi connectivity index (χ4n) is 3.10. The van der Waals surface area contributed by atoms with Crippen molar-refractivity contribution in [2.45, 2.75) is 19.3 Å². The SMILES string of the molecule is COc1ccc(NC(=O)CCN2C(=O)CCc3ccccc32)c(C(=O)O)c1. The minimum atomic E-state index is -1.16. The van der Waals surface area contributed by atoms with Crippen LogP contribution in [0.3, 0.4) is 0 Å². The topological polar surface area (TPSA) is 95.9 Å². The molecule has 2 aromatic carbocycles. The van der Waals surface area contributed by atoms with Crippen LogP contribution in [0.2, 0.25) is 0 Å². The molecule has 2 aromatic rings. The van der Waals surface area contributed by atoms with E-state index in [1.807, 2.05) is 24.3 Å². The number of fused-ring (bicyclic) bond motifs is 1. The van der Waals surface area contributed by atoms with Crippen LogP contribution in [0.1, 0.15) is 28.8 Å². The number of para-hydroxylation sites is 1. The highest BCUT2D eigenvalue weighted by Gasteiger charge is 2.24. The average Bonchev–Trinajstić information content (AvgIpc) is 2.67. The van der Waals surface area contributed by atoms with Crippen LogP contribution in [0.5, 0.6) is 5.75 Å². The third-order valence-electron chi connectivity index (χ3n) is 4.49. The number of carboxylic acid groups (broad SMARTS) is 1. The Morgan fingerprint density at radius 1 is 1.19 bits per heavy atom. The number of ether oxygens (including phenoxy) is 1. The lowest BCUT2D eigenvalue weighted by molar-refractivity contribution is -0.119. The molecule has 0 bridgehead atoms. The van der Waals surface area contributed by atoms with Gasteiger partial charge in [-0.2, -0.15) is 0 Å². The largest absolute Gasteiger partial charge is 0.497 e. The Labute approximate surface area is 156 Å². The second-order valence-corrected chi connectivity index (χ2v) is 6.19. The van der Waals surface area contributed by atoms with Gasteiger partial charge in [0.05, 0.1) is 18.4 Å². The number of nitrogens with one attached hydrogen (secondary N) is 1. The summed E-state index contributed by atoms with van der Waals surface area (Å²) in [6.07, 6.45) is 1.18. The first-order valence-corrected chi connectivity index (χ1v) is 8.59. The lowest BCUT2D eigenvalue weighted by atomic mass is 10.0. The fraction of sp³-hybridized carbons (Fsp3) is 0.250. The first-order valence-electron chi connectivity index (χ1n) is 8.59. The van der Waals surface area contributed by atoms with Crippen LogP contribution in [-0.4, -0.2) is 36.5 Å². The quantitative estimate of drug-likeness (QED) is 0.817. The van der Waals surface area contributed by atoms with Crippen LogP contribution in [0.25, 0.3) is 0 Å². The van der Waals surface area contributed by atoms with Gasteiger partial charge in [0.25, 0.3) is 0 Å². The average molecular weight is 368 g/mol. The number of carboxylic acids is 1. The predicted molar refractivity (Wildman–Crippen MR) is 100 cm³/mol. The van der Waals surface area contributed by atoms with Crippen molar-refractivity contribution in [3.05, 3.63) is 53.6 Å². The first-order chi connectivity index (χ1) is 13.0. The maximum absolute atomic E-state index is 12.3. The van der Waals surface area contributed by atoms with Gasteiger partial charge in [0, 0.05) is 25.1 Å². The molecule has 0 radical (unpaired) electrons. The van der Waals surface area contributed by atoms with E-state index in [9.17, 15) is 19.5 Å². The highest BCUT2D eigenvalue weighted by Crippen LogP contribution is 2.28. The Balaban J connectivity index is 1.69. The summed E-state index contributed by atoms with van der Waals surface area (Å²) in [5.41, 5.74) is 2.05. The van der Waals surface area contributed by atoms with E-state index in [0.29, 0.717) is 18.6 Å². The molecule has 1 aliphatic rings. The van der Waals surface area contributed by atoms with E-state index >= 15 is 0 Å². The van der Waals surface area contributed by atoms with Crippen molar-refractivity contribution in [2.75, 3.05) is 23.9 Å². The van der Waals surface area contributed by atoms with Crippen molar-refractivity contribution in [3.8, 4) is 5.75 Å². The molecule has 7 heteroatoms. The number of hydrogen-bond donors (Lipinski definition) is 2. The van der Waals surface area contributed by atoms with Gasteiger partial charge in [-0.25, -0.2) is 4.79 Å². The summed E-state index contributed by atoms with van der Waals surface area (Å²) >= 11 is 0. The molecule has 1 aliphatic heterocycles. The van der Waals surface area contributed by atoms with Gasteiger partial charge in [-0.15, -0.1) is 0 Å². The van der Waals surface area contributed by atoms with Gasteiger partial charge in [0.1, 0.15) is 5.75 Å². The number of amides is 2. The molecule has 0 saturated carbocycles. The molecule has 2 N–H and O–H groups in total. The number of aromatic carboxylic acids is 1. The van der Waals surface area contributed by atoms with Crippen LogP contribution < -0.4 is 15.0 Å². The summed E-state index contributed by atoms with van der Waals surface area (Å²) in [5.74, 6) is -1.15. The summed E-state index contributed by atoms with van der Waals surface area (Å²) in [6.45, 7) is 0.236. The van der Waals surface area contributed by atoms with Crippen molar-refractivity contribution in [1.29, 1.82) is 0 Å². The highest BCUT2D eigenvalue weighted by atomic mass is 16.5. The molecule has 0 atom stereocenters. The van der Waals surface area contributed by atoms with Crippen molar-refractivity contribution in [2.24, 2.45) is 0 Å². The second-order valence-electron chi connectivity index (χ2n) is 6.19. The van der Waals surface area contributed by atoms with E-state index < -0.39 is 5.97 Å². The van der Waals surface area contributed by atoms with Crippen molar-refractivity contribution in [1.82, 2.24) is 0 Å². The van der Waals surface area contributed by atoms with Crippen LogP contribution >= 0.6 is 0 Å². The van der Waals surface area contributed by atoms with Gasteiger partial charge in [0.15, 0.2) is 0 Å². The maximum Gasteiger partial charge on any atom is 0.337 e. The smallest absolute Gasteiger partial charge is 0.337 e. The number of anilines is 2. The molecule has 0 aliphatic carbocycles. The molecule has 1 heterocycles. The number of benzene rings is 2. The molecular weight excluding hydrogens is 348 g/mol. The molecule has 0 unspecified atom stereocenters. The maximum atomic E-state index is 12.3.